The van der Waals surface area contributed by atoms with Crippen LogP contribution in [-0.4, -0.2) is 0 Å². The van der Waals surface area contributed by atoms with Crippen molar-refractivity contribution in [1.82, 2.24) is 0 Å². The van der Waals surface area contributed by atoms with E-state index in [-0.39, 0.29) is 0 Å². The molecule has 4 heteroatoms. The van der Waals surface area contributed by atoms with Gasteiger partial charge in [0.2, 0.25) is 0 Å². The number of rotatable bonds is 4. The van der Waals surface area contributed by atoms with Crippen molar-refractivity contribution in [2.24, 2.45) is 0 Å². The average Bonchev–Trinajstić information content (AvgIpc) is 2.39. The van der Waals surface area contributed by atoms with Gasteiger partial charge in [0.15, 0.2) is 0 Å². The Kier molecular flexibility index (Phi) is 5.02. The maximum Gasteiger partial charge on any atom is 0.123 e. The van der Waals surface area contributed by atoms with Gasteiger partial charge in [-0.1, -0.05) is 43.1 Å². The standard InChI is InChI=1S/C17H19Cl2NO/c1-10(2)14-8-17(11(3)6-15(14)19)21-9-12-4-5-13(18)7-16(12)20/h4-8,10H,9,20H2,1-3H3. The molecule has 0 saturated heterocycles. The molecule has 0 spiro atoms. The van der Waals surface area contributed by atoms with Crippen molar-refractivity contribution in [2.45, 2.75) is 33.3 Å². The maximum absolute atomic E-state index is 6.27. The number of hydrogen-bond acceptors (Lipinski definition) is 2. The molecule has 0 aliphatic heterocycles. The van der Waals surface area contributed by atoms with Gasteiger partial charge < -0.3 is 10.5 Å². The third kappa shape index (κ3) is 3.84. The molecule has 112 valence electrons. The van der Waals surface area contributed by atoms with Crippen LogP contribution in [0.15, 0.2) is 30.3 Å². The molecule has 0 fully saturated rings. The van der Waals surface area contributed by atoms with Crippen LogP contribution in [0.25, 0.3) is 0 Å². The molecule has 0 bridgehead atoms. The lowest BCUT2D eigenvalue weighted by atomic mass is 10.0. The molecule has 0 aliphatic carbocycles. The van der Waals surface area contributed by atoms with Gasteiger partial charge in [-0.15, -0.1) is 0 Å². The van der Waals surface area contributed by atoms with Crippen LogP contribution in [0.5, 0.6) is 5.75 Å². The molecular weight excluding hydrogens is 305 g/mol. The fourth-order valence-electron chi connectivity index (χ4n) is 2.12. The van der Waals surface area contributed by atoms with Crippen molar-refractivity contribution in [3.63, 3.8) is 0 Å². The van der Waals surface area contributed by atoms with Crippen molar-refractivity contribution < 1.29 is 4.74 Å². The highest BCUT2D eigenvalue weighted by Gasteiger charge is 2.11. The van der Waals surface area contributed by atoms with Gasteiger partial charge >= 0.3 is 0 Å². The second kappa shape index (κ2) is 6.59. The summed E-state index contributed by atoms with van der Waals surface area (Å²) in [5, 5.41) is 1.40. The van der Waals surface area contributed by atoms with E-state index in [9.17, 15) is 0 Å². The highest BCUT2D eigenvalue weighted by molar-refractivity contribution is 6.31. The molecule has 2 nitrogen and oxygen atoms in total. The summed E-state index contributed by atoms with van der Waals surface area (Å²) >= 11 is 12.2. The van der Waals surface area contributed by atoms with Crippen molar-refractivity contribution in [2.75, 3.05) is 5.73 Å². The van der Waals surface area contributed by atoms with Gasteiger partial charge in [0, 0.05) is 21.3 Å². The van der Waals surface area contributed by atoms with E-state index in [1.54, 1.807) is 6.07 Å². The summed E-state index contributed by atoms with van der Waals surface area (Å²) in [4.78, 5) is 0. The van der Waals surface area contributed by atoms with Crippen molar-refractivity contribution >= 4 is 28.9 Å². The molecule has 21 heavy (non-hydrogen) atoms. The molecule has 0 saturated carbocycles. The fraction of sp³-hybridized carbons (Fsp3) is 0.294. The van der Waals surface area contributed by atoms with Crippen LogP contribution in [0.2, 0.25) is 10.0 Å². The van der Waals surface area contributed by atoms with Crippen LogP contribution in [-0.2, 0) is 6.61 Å². The number of benzene rings is 2. The van der Waals surface area contributed by atoms with Crippen LogP contribution in [0.4, 0.5) is 5.69 Å². The summed E-state index contributed by atoms with van der Waals surface area (Å²) in [7, 11) is 0. The van der Waals surface area contributed by atoms with Crippen LogP contribution in [0, 0.1) is 6.92 Å². The maximum atomic E-state index is 6.27. The molecule has 0 amide bonds. The molecule has 0 atom stereocenters. The minimum atomic E-state index is 0.348. The Morgan fingerprint density at radius 2 is 1.86 bits per heavy atom. The van der Waals surface area contributed by atoms with Crippen molar-refractivity contribution in [1.29, 1.82) is 0 Å². The number of nitrogens with two attached hydrogens (primary N) is 1. The van der Waals surface area contributed by atoms with E-state index in [0.717, 1.165) is 27.5 Å². The van der Waals surface area contributed by atoms with Crippen LogP contribution < -0.4 is 10.5 Å². The van der Waals surface area contributed by atoms with Crippen LogP contribution >= 0.6 is 23.2 Å². The van der Waals surface area contributed by atoms with Gasteiger partial charge in [0.25, 0.3) is 0 Å². The SMILES string of the molecule is Cc1cc(Cl)c(C(C)C)cc1OCc1ccc(Cl)cc1N. The molecule has 2 rings (SSSR count). The van der Waals surface area contributed by atoms with Crippen LogP contribution in [0.3, 0.4) is 0 Å². The lowest BCUT2D eigenvalue weighted by Crippen LogP contribution is -2.02. The highest BCUT2D eigenvalue weighted by Crippen LogP contribution is 2.32. The van der Waals surface area contributed by atoms with Crippen molar-refractivity contribution in [3.8, 4) is 5.75 Å². The first-order valence-electron chi connectivity index (χ1n) is 6.85. The van der Waals surface area contributed by atoms with Gasteiger partial charge in [-0.05, 0) is 48.2 Å². The smallest absolute Gasteiger partial charge is 0.123 e. The summed E-state index contributed by atoms with van der Waals surface area (Å²) in [5.41, 5.74) is 9.59. The number of ether oxygens (including phenoxy) is 1. The molecule has 0 heterocycles. The van der Waals surface area contributed by atoms with E-state index in [0.29, 0.717) is 23.2 Å². The predicted octanol–water partition coefficient (Wildman–Crippen LogP) is 5.59. The van der Waals surface area contributed by atoms with Gasteiger partial charge in [-0.2, -0.15) is 0 Å². The Labute approximate surface area is 135 Å². The number of hydrogen-bond donors (Lipinski definition) is 1. The number of halogens is 2. The second-order valence-corrected chi connectivity index (χ2v) is 6.27. The molecular formula is C17H19Cl2NO. The molecule has 2 aromatic carbocycles. The summed E-state index contributed by atoms with van der Waals surface area (Å²) in [6, 6.07) is 9.37. The predicted molar refractivity (Wildman–Crippen MR) is 90.5 cm³/mol. The molecule has 2 aromatic rings. The molecule has 0 aliphatic rings. The van der Waals surface area contributed by atoms with E-state index in [1.807, 2.05) is 31.2 Å². The number of nitrogen functional groups attached to an aromatic ring is 1. The summed E-state index contributed by atoms with van der Waals surface area (Å²) in [6.07, 6.45) is 0. The topological polar surface area (TPSA) is 35.2 Å². The third-order valence-electron chi connectivity index (χ3n) is 3.41. The lowest BCUT2D eigenvalue weighted by molar-refractivity contribution is 0.304. The Bertz CT molecular complexity index is 653. The Hall–Kier alpha value is -1.38. The molecule has 0 radical (unpaired) electrons. The van der Waals surface area contributed by atoms with Crippen molar-refractivity contribution in [3.05, 3.63) is 57.1 Å². The first kappa shape index (κ1) is 16.0. The zero-order valence-corrected chi connectivity index (χ0v) is 13.9. The minimum Gasteiger partial charge on any atom is -0.489 e. The Morgan fingerprint density at radius 3 is 2.48 bits per heavy atom. The van der Waals surface area contributed by atoms with E-state index < -0.39 is 0 Å². The van der Waals surface area contributed by atoms with E-state index in [2.05, 4.69) is 13.8 Å². The first-order valence-corrected chi connectivity index (χ1v) is 7.61. The lowest BCUT2D eigenvalue weighted by Gasteiger charge is -2.15. The van der Waals surface area contributed by atoms with Gasteiger partial charge in [-0.25, -0.2) is 0 Å². The number of anilines is 1. The largest absolute Gasteiger partial charge is 0.489 e. The molecule has 0 aromatic heterocycles. The monoisotopic (exact) mass is 323 g/mol. The normalized spacial score (nSPS) is 11.0. The minimum absolute atomic E-state index is 0.348. The second-order valence-electron chi connectivity index (χ2n) is 5.43. The van der Waals surface area contributed by atoms with E-state index in [4.69, 9.17) is 33.7 Å². The molecule has 2 N–H and O–H groups in total. The zero-order valence-electron chi connectivity index (χ0n) is 12.4. The fourth-order valence-corrected chi connectivity index (χ4v) is 2.74. The summed E-state index contributed by atoms with van der Waals surface area (Å²) in [6.45, 7) is 6.61. The Balaban J connectivity index is 2.21. The van der Waals surface area contributed by atoms with Gasteiger partial charge in [0.05, 0.1) is 0 Å². The van der Waals surface area contributed by atoms with Gasteiger partial charge in [-0.3, -0.25) is 0 Å². The Morgan fingerprint density at radius 1 is 1.14 bits per heavy atom. The molecule has 0 unspecified atom stereocenters. The number of aryl methyl sites for hydroxylation is 1. The van der Waals surface area contributed by atoms with Gasteiger partial charge in [0.1, 0.15) is 12.4 Å². The first-order chi connectivity index (χ1) is 9.88. The summed E-state index contributed by atoms with van der Waals surface area (Å²) in [5.74, 6) is 1.18. The third-order valence-corrected chi connectivity index (χ3v) is 3.97. The van der Waals surface area contributed by atoms with E-state index in [1.165, 1.54) is 0 Å². The zero-order chi connectivity index (χ0) is 15.6. The van der Waals surface area contributed by atoms with Crippen LogP contribution in [0.1, 0.15) is 36.5 Å². The summed E-state index contributed by atoms with van der Waals surface area (Å²) < 4.78 is 5.91. The quantitative estimate of drug-likeness (QED) is 0.744. The highest BCUT2D eigenvalue weighted by atomic mass is 35.5. The van der Waals surface area contributed by atoms with E-state index >= 15 is 0 Å². The average molecular weight is 324 g/mol.